The summed E-state index contributed by atoms with van der Waals surface area (Å²) >= 11 is 6.18. The van der Waals surface area contributed by atoms with Crippen molar-refractivity contribution in [2.45, 2.75) is 31.9 Å². The molecule has 0 bridgehead atoms. The number of amides is 3. The number of halogens is 1. The lowest BCUT2D eigenvalue weighted by Gasteiger charge is -2.29. The van der Waals surface area contributed by atoms with Crippen molar-refractivity contribution >= 4 is 35.0 Å². The summed E-state index contributed by atoms with van der Waals surface area (Å²) in [5, 5.41) is 5.98. The van der Waals surface area contributed by atoms with Crippen LogP contribution in [-0.2, 0) is 22.7 Å². The van der Waals surface area contributed by atoms with Gasteiger partial charge in [-0.1, -0.05) is 23.7 Å². The number of hydrogen-bond donors (Lipinski definition) is 2. The maximum Gasteiger partial charge on any atom is 0.255 e. The van der Waals surface area contributed by atoms with Gasteiger partial charge < -0.3 is 15.0 Å². The van der Waals surface area contributed by atoms with Gasteiger partial charge in [0.2, 0.25) is 11.8 Å². The Balaban J connectivity index is 1.55. The summed E-state index contributed by atoms with van der Waals surface area (Å²) in [6.07, 6.45) is 0.00318. The number of anilines is 1. The molecule has 1 atom stereocenters. The fourth-order valence-corrected chi connectivity index (χ4v) is 3.88. The zero-order chi connectivity index (χ0) is 21.5. The predicted molar refractivity (Wildman–Crippen MR) is 108 cm³/mol. The van der Waals surface area contributed by atoms with E-state index in [1.807, 2.05) is 12.1 Å². The van der Waals surface area contributed by atoms with E-state index in [1.54, 1.807) is 31.4 Å². The molecule has 0 aliphatic carbocycles. The van der Waals surface area contributed by atoms with Gasteiger partial charge in [0.05, 0.1) is 13.5 Å². The van der Waals surface area contributed by atoms with Crippen LogP contribution in [-0.4, -0.2) is 35.7 Å². The molecule has 150 valence electrons. The third kappa shape index (κ3) is 3.65. The van der Waals surface area contributed by atoms with Gasteiger partial charge in [-0.05, 0) is 36.2 Å². The number of rotatable bonds is 5. The Bertz CT molecular complexity index is 1060. The average Bonchev–Trinajstić information content (AvgIpc) is 3.07. The minimum absolute atomic E-state index is 0.0233. The number of ether oxygens (including phenoxy) is 1. The number of nitrogens with one attached hydrogen (secondary N) is 2. The van der Waals surface area contributed by atoms with E-state index in [2.05, 4.69) is 10.6 Å². The van der Waals surface area contributed by atoms with Crippen molar-refractivity contribution in [3.63, 3.8) is 0 Å². The summed E-state index contributed by atoms with van der Waals surface area (Å²) in [6, 6.07) is 8.96. The van der Waals surface area contributed by atoms with Crippen LogP contribution in [0, 0.1) is 0 Å². The molecule has 4 rings (SSSR count). The first kappa shape index (κ1) is 18.0. The number of nitrogens with zero attached hydrogens (tertiary/aromatic N) is 1. The van der Waals surface area contributed by atoms with Crippen LogP contribution in [0.1, 0.15) is 35.7 Å². The van der Waals surface area contributed by atoms with Crippen LogP contribution < -0.4 is 15.4 Å². The van der Waals surface area contributed by atoms with Crippen LogP contribution in [0.3, 0.4) is 0 Å². The quantitative estimate of drug-likeness (QED) is 0.734. The summed E-state index contributed by atoms with van der Waals surface area (Å²) in [6.45, 7) is 0.585. The van der Waals surface area contributed by atoms with Gasteiger partial charge in [0, 0.05) is 36.3 Å². The van der Waals surface area contributed by atoms with Gasteiger partial charge in [-0.15, -0.1) is 0 Å². The number of benzene rings is 2. The Kier molecular flexibility index (Phi) is 4.81. The number of carbonyl (C=O) groups is 3. The van der Waals surface area contributed by atoms with Crippen molar-refractivity contribution in [3.05, 3.63) is 58.1 Å². The zero-order valence-electron chi connectivity index (χ0n) is 16.8. The molecule has 3 amide bonds. The molecule has 2 heterocycles. The van der Waals surface area contributed by atoms with Crippen molar-refractivity contribution in [2.75, 3.05) is 12.4 Å². The summed E-state index contributed by atoms with van der Waals surface area (Å²) < 4.78 is 13.7. The van der Waals surface area contributed by atoms with Crippen molar-refractivity contribution in [2.24, 2.45) is 0 Å². The fraction of sp³-hybridized carbons (Fsp3) is 0.286. The third-order valence-corrected chi connectivity index (χ3v) is 5.39. The Hall–Kier alpha value is -3.06. The smallest absolute Gasteiger partial charge is 0.255 e. The van der Waals surface area contributed by atoms with Crippen LogP contribution in [0.25, 0.3) is 0 Å². The highest BCUT2D eigenvalue weighted by Gasteiger charge is 2.39. The molecule has 0 aromatic heterocycles. The Labute approximate surface area is 174 Å². The maximum atomic E-state index is 13.0. The minimum atomic E-state index is -1.80. The van der Waals surface area contributed by atoms with E-state index in [-0.39, 0.29) is 25.3 Å². The van der Waals surface area contributed by atoms with Crippen LogP contribution in [0.4, 0.5) is 5.69 Å². The summed E-state index contributed by atoms with van der Waals surface area (Å²) in [5.74, 6) is -0.984. The van der Waals surface area contributed by atoms with Crippen LogP contribution in [0.15, 0.2) is 36.4 Å². The molecule has 8 heteroatoms. The van der Waals surface area contributed by atoms with E-state index in [1.165, 1.54) is 4.90 Å². The molecule has 29 heavy (non-hydrogen) atoms. The lowest BCUT2D eigenvalue weighted by Crippen LogP contribution is -2.52. The van der Waals surface area contributed by atoms with Gasteiger partial charge >= 0.3 is 0 Å². The molecule has 2 N–H and O–H groups in total. The molecule has 0 unspecified atom stereocenters. The number of fused-ring (bicyclic) bond motifs is 1. The molecule has 2 aliphatic rings. The van der Waals surface area contributed by atoms with E-state index < -0.39 is 17.8 Å². The van der Waals surface area contributed by atoms with E-state index in [4.69, 9.17) is 17.7 Å². The SMILES string of the molecule is [2H][C@]1(N2Cc3c(NCc4ccc(OC)c(Cl)c4)cccc3C2=O)CCC(=O)NC1=O. The summed E-state index contributed by atoms with van der Waals surface area (Å²) in [7, 11) is 1.55. The number of hydrogen-bond acceptors (Lipinski definition) is 5. The first-order chi connectivity index (χ1) is 14.3. The van der Waals surface area contributed by atoms with Crippen molar-refractivity contribution < 1.29 is 20.5 Å². The second-order valence-electron chi connectivity index (χ2n) is 6.87. The van der Waals surface area contributed by atoms with Gasteiger partial charge in [-0.3, -0.25) is 19.7 Å². The number of carbonyl (C=O) groups excluding carboxylic acids is 3. The van der Waals surface area contributed by atoms with Gasteiger partial charge in [-0.2, -0.15) is 0 Å². The summed E-state index contributed by atoms with van der Waals surface area (Å²) in [4.78, 5) is 38.0. The highest BCUT2D eigenvalue weighted by atomic mass is 35.5. The van der Waals surface area contributed by atoms with Crippen LogP contribution in [0.2, 0.25) is 5.02 Å². The van der Waals surface area contributed by atoms with Gasteiger partial charge in [0.15, 0.2) is 0 Å². The molecule has 2 aliphatic heterocycles. The minimum Gasteiger partial charge on any atom is -0.495 e. The number of imide groups is 1. The standard InChI is InChI=1S/C21H20ClN3O4/c1-29-18-7-5-12(9-15(18)22)10-23-16-4-2-3-13-14(16)11-25(21(13)28)17-6-8-19(26)24-20(17)27/h2-5,7,9,17,23H,6,8,10-11H2,1H3,(H,24,26,27)/t17-/m0/s1/i17D. The first-order valence-corrected chi connectivity index (χ1v) is 9.55. The lowest BCUT2D eigenvalue weighted by molar-refractivity contribution is -0.136. The first-order valence-electron chi connectivity index (χ1n) is 9.68. The molecule has 2 aromatic rings. The maximum absolute atomic E-state index is 13.0. The van der Waals surface area contributed by atoms with Crippen molar-refractivity contribution in [1.29, 1.82) is 0 Å². The lowest BCUT2D eigenvalue weighted by atomic mass is 10.0. The van der Waals surface area contributed by atoms with Crippen molar-refractivity contribution in [1.82, 2.24) is 10.2 Å². The normalized spacial score (nSPS) is 21.5. The van der Waals surface area contributed by atoms with E-state index >= 15 is 0 Å². The summed E-state index contributed by atoms with van der Waals surface area (Å²) in [5.41, 5.74) is 2.84. The van der Waals surface area contributed by atoms with E-state index in [0.717, 1.165) is 16.8 Å². The average molecular weight is 415 g/mol. The zero-order valence-corrected chi connectivity index (χ0v) is 16.5. The number of methoxy groups -OCH3 is 1. The second-order valence-corrected chi connectivity index (χ2v) is 7.28. The molecule has 1 fully saturated rings. The molecule has 1 saturated heterocycles. The van der Waals surface area contributed by atoms with Gasteiger partial charge in [-0.25, -0.2) is 0 Å². The monoisotopic (exact) mass is 414 g/mol. The van der Waals surface area contributed by atoms with Crippen LogP contribution in [0.5, 0.6) is 5.75 Å². The van der Waals surface area contributed by atoms with Crippen LogP contribution >= 0.6 is 11.6 Å². The molecule has 0 spiro atoms. The highest BCUT2D eigenvalue weighted by molar-refractivity contribution is 6.32. The third-order valence-electron chi connectivity index (χ3n) is 5.10. The molecule has 0 radical (unpaired) electrons. The van der Waals surface area contributed by atoms with E-state index in [0.29, 0.717) is 22.9 Å². The molecular weight excluding hydrogens is 394 g/mol. The molecule has 0 saturated carbocycles. The Morgan fingerprint density at radius 1 is 1.31 bits per heavy atom. The van der Waals surface area contributed by atoms with Gasteiger partial charge in [0.25, 0.3) is 5.91 Å². The Morgan fingerprint density at radius 2 is 2.14 bits per heavy atom. The fourth-order valence-electron chi connectivity index (χ4n) is 3.60. The van der Waals surface area contributed by atoms with E-state index in [9.17, 15) is 14.4 Å². The predicted octanol–water partition coefficient (Wildman–Crippen LogP) is 2.72. The van der Waals surface area contributed by atoms with Crippen molar-refractivity contribution in [3.8, 4) is 5.75 Å². The largest absolute Gasteiger partial charge is 0.495 e. The molecule has 2 aromatic carbocycles. The van der Waals surface area contributed by atoms with Gasteiger partial charge in [0.1, 0.15) is 11.8 Å². The topological polar surface area (TPSA) is 87.7 Å². The number of piperidine rings is 1. The second kappa shape index (κ2) is 7.75. The Morgan fingerprint density at radius 3 is 2.86 bits per heavy atom. The highest BCUT2D eigenvalue weighted by Crippen LogP contribution is 2.33. The molecular formula is C21H20ClN3O4. The molecule has 7 nitrogen and oxygen atoms in total.